The number of benzene rings is 7. The van der Waals surface area contributed by atoms with Crippen molar-refractivity contribution in [2.24, 2.45) is 0 Å². The van der Waals surface area contributed by atoms with Gasteiger partial charge in [0, 0.05) is 32.9 Å². The fourth-order valence-electron chi connectivity index (χ4n) is 7.98. The highest BCUT2D eigenvalue weighted by Crippen LogP contribution is 2.52. The third kappa shape index (κ3) is 4.74. The van der Waals surface area contributed by atoms with Gasteiger partial charge in [-0.1, -0.05) is 140 Å². The monoisotopic (exact) mass is 652 g/mol. The number of aromatic nitrogens is 2. The highest BCUT2D eigenvalue weighted by molar-refractivity contribution is 6.06. The molecule has 3 nitrogen and oxygen atoms in total. The van der Waals surface area contributed by atoms with E-state index in [0.717, 1.165) is 61.1 Å². The van der Waals surface area contributed by atoms with Crippen LogP contribution in [0.25, 0.3) is 78.1 Å². The predicted octanol–water partition coefficient (Wildman–Crippen LogP) is 12.4. The van der Waals surface area contributed by atoms with Gasteiger partial charge in [0.15, 0.2) is 5.82 Å². The molecule has 7 aromatic carbocycles. The highest BCUT2D eigenvalue weighted by atomic mass is 16.3. The highest BCUT2D eigenvalue weighted by Gasteiger charge is 2.40. The Bertz CT molecular complexity index is 2730. The zero-order valence-electron chi connectivity index (χ0n) is 28.0. The molecule has 51 heavy (non-hydrogen) atoms. The molecule has 0 atom stereocenters. The van der Waals surface area contributed by atoms with Gasteiger partial charge in [-0.2, -0.15) is 0 Å². The Hall–Kier alpha value is -6.58. The number of para-hydroxylation sites is 1. The summed E-state index contributed by atoms with van der Waals surface area (Å²) in [7, 11) is 0. The molecule has 0 amide bonds. The van der Waals surface area contributed by atoms with Gasteiger partial charge in [-0.15, -0.1) is 0 Å². The molecule has 0 bridgehead atoms. The lowest BCUT2D eigenvalue weighted by atomic mass is 9.74. The maximum atomic E-state index is 6.11. The average molecular weight is 653 g/mol. The molecule has 0 saturated carbocycles. The Labute approximate surface area is 296 Å². The van der Waals surface area contributed by atoms with Crippen LogP contribution in [0.3, 0.4) is 0 Å². The van der Waals surface area contributed by atoms with Crippen molar-refractivity contribution in [2.45, 2.75) is 12.3 Å². The molecule has 1 aliphatic carbocycles. The topological polar surface area (TPSA) is 38.9 Å². The van der Waals surface area contributed by atoms with Gasteiger partial charge in [0.05, 0.1) is 11.4 Å². The van der Waals surface area contributed by atoms with Crippen LogP contribution in [0, 0.1) is 0 Å². The molecule has 0 unspecified atom stereocenters. The van der Waals surface area contributed by atoms with Crippen LogP contribution in [-0.4, -0.2) is 9.97 Å². The van der Waals surface area contributed by atoms with E-state index in [9.17, 15) is 0 Å². The minimum absolute atomic E-state index is 0.295. The largest absolute Gasteiger partial charge is 0.456 e. The number of rotatable bonds is 5. The van der Waals surface area contributed by atoms with Crippen molar-refractivity contribution < 1.29 is 4.42 Å². The molecule has 0 saturated heterocycles. The Kier molecular flexibility index (Phi) is 6.62. The second-order valence-corrected chi connectivity index (χ2v) is 13.5. The van der Waals surface area contributed by atoms with E-state index < -0.39 is 0 Å². The van der Waals surface area contributed by atoms with Crippen molar-refractivity contribution in [2.75, 3.05) is 0 Å². The van der Waals surface area contributed by atoms with E-state index in [-0.39, 0.29) is 5.41 Å². The van der Waals surface area contributed by atoms with Crippen LogP contribution in [0.2, 0.25) is 0 Å². The number of hydrogen-bond donors (Lipinski definition) is 0. The Morgan fingerprint density at radius 2 is 0.980 bits per heavy atom. The van der Waals surface area contributed by atoms with Crippen LogP contribution in [0.15, 0.2) is 180 Å². The summed E-state index contributed by atoms with van der Waals surface area (Å²) in [4.78, 5) is 10.4. The summed E-state index contributed by atoms with van der Waals surface area (Å²) in [6, 6.07) is 62.2. The quantitative estimate of drug-likeness (QED) is 0.186. The van der Waals surface area contributed by atoms with Crippen LogP contribution in [-0.2, 0) is 5.41 Å². The summed E-state index contributed by atoms with van der Waals surface area (Å²) in [5, 5.41) is 2.24. The average Bonchev–Trinajstić information content (AvgIpc) is 3.71. The van der Waals surface area contributed by atoms with Gasteiger partial charge in [0.25, 0.3) is 0 Å². The molecule has 0 aliphatic heterocycles. The van der Waals surface area contributed by atoms with Crippen molar-refractivity contribution in [3.05, 3.63) is 193 Å². The lowest BCUT2D eigenvalue weighted by molar-refractivity contribution is 0.669. The molecule has 0 N–H and O–H groups in total. The summed E-state index contributed by atoms with van der Waals surface area (Å²) < 4.78 is 6.11. The summed E-state index contributed by atoms with van der Waals surface area (Å²) in [5.74, 6) is 0.702. The van der Waals surface area contributed by atoms with E-state index in [4.69, 9.17) is 14.4 Å². The van der Waals surface area contributed by atoms with Crippen molar-refractivity contribution in [1.82, 2.24) is 9.97 Å². The first-order chi connectivity index (χ1) is 25.1. The molecule has 3 heteroatoms. The molecule has 1 aliphatic rings. The maximum Gasteiger partial charge on any atom is 0.160 e. The van der Waals surface area contributed by atoms with Crippen LogP contribution in [0.4, 0.5) is 0 Å². The molecule has 2 aromatic heterocycles. The first-order valence-electron chi connectivity index (χ1n) is 17.4. The molecule has 9 aromatic rings. The lowest BCUT2D eigenvalue weighted by Gasteiger charge is -2.28. The Balaban J connectivity index is 1.11. The molecular weight excluding hydrogens is 621 g/mol. The Morgan fingerprint density at radius 1 is 0.412 bits per heavy atom. The van der Waals surface area contributed by atoms with Crippen molar-refractivity contribution in [3.8, 4) is 56.2 Å². The second kappa shape index (κ2) is 11.5. The van der Waals surface area contributed by atoms with Crippen molar-refractivity contribution >= 4 is 21.9 Å². The first kappa shape index (κ1) is 29.3. The standard InChI is InChI=1S/C48H32N2O/c1-48(41-22-8-5-19-37(41)38-20-6-9-23-42(38)48)36-18-12-17-35(28-36)44-30-43(49-47(50-44)31-13-3-2-4-14-31)34-16-11-15-32(27-34)33-25-26-46-40(29-33)39-21-7-10-24-45(39)51-46/h2-30H,1H3. The summed E-state index contributed by atoms with van der Waals surface area (Å²) in [6.45, 7) is 2.35. The van der Waals surface area contributed by atoms with Crippen LogP contribution >= 0.6 is 0 Å². The van der Waals surface area contributed by atoms with Crippen LogP contribution in [0.5, 0.6) is 0 Å². The van der Waals surface area contributed by atoms with Gasteiger partial charge < -0.3 is 4.42 Å². The first-order valence-corrected chi connectivity index (χ1v) is 17.4. The second-order valence-electron chi connectivity index (χ2n) is 13.5. The van der Waals surface area contributed by atoms with Gasteiger partial charge in [-0.05, 0) is 82.3 Å². The normalized spacial score (nSPS) is 13.0. The van der Waals surface area contributed by atoms with E-state index in [1.165, 1.54) is 27.8 Å². The Morgan fingerprint density at radius 3 is 1.75 bits per heavy atom. The van der Waals surface area contributed by atoms with E-state index in [0.29, 0.717) is 5.82 Å². The van der Waals surface area contributed by atoms with Gasteiger partial charge >= 0.3 is 0 Å². The fourth-order valence-corrected chi connectivity index (χ4v) is 7.98. The minimum Gasteiger partial charge on any atom is -0.456 e. The summed E-state index contributed by atoms with van der Waals surface area (Å²) in [5.41, 5.74) is 15.1. The van der Waals surface area contributed by atoms with Crippen molar-refractivity contribution in [3.63, 3.8) is 0 Å². The van der Waals surface area contributed by atoms with Crippen LogP contribution < -0.4 is 0 Å². The predicted molar refractivity (Wildman–Crippen MR) is 208 cm³/mol. The zero-order valence-corrected chi connectivity index (χ0v) is 28.0. The van der Waals surface area contributed by atoms with Gasteiger partial charge in [-0.3, -0.25) is 0 Å². The van der Waals surface area contributed by atoms with E-state index in [1.54, 1.807) is 0 Å². The van der Waals surface area contributed by atoms with Gasteiger partial charge in [0.2, 0.25) is 0 Å². The molecular formula is C48H32N2O. The molecule has 2 heterocycles. The SMILES string of the molecule is CC1(c2cccc(-c3cc(-c4cccc(-c5ccc6oc7ccccc7c6c5)c4)nc(-c4ccccc4)n3)c2)c2ccccc2-c2ccccc21. The molecule has 240 valence electrons. The third-order valence-corrected chi connectivity index (χ3v) is 10.6. The minimum atomic E-state index is -0.295. The van der Waals surface area contributed by atoms with Crippen molar-refractivity contribution in [1.29, 1.82) is 0 Å². The number of furan rings is 1. The van der Waals surface area contributed by atoms with E-state index >= 15 is 0 Å². The summed E-state index contributed by atoms with van der Waals surface area (Å²) in [6.07, 6.45) is 0. The molecule has 0 radical (unpaired) electrons. The molecule has 10 rings (SSSR count). The van der Waals surface area contributed by atoms with Crippen LogP contribution in [0.1, 0.15) is 23.6 Å². The smallest absolute Gasteiger partial charge is 0.160 e. The number of fused-ring (bicyclic) bond motifs is 6. The third-order valence-electron chi connectivity index (χ3n) is 10.6. The van der Waals surface area contributed by atoms with E-state index in [2.05, 4.69) is 153 Å². The summed E-state index contributed by atoms with van der Waals surface area (Å²) >= 11 is 0. The maximum absolute atomic E-state index is 6.11. The zero-order chi connectivity index (χ0) is 33.9. The fraction of sp³-hybridized carbons (Fsp3) is 0.0417. The number of nitrogens with zero attached hydrogens (tertiary/aromatic N) is 2. The van der Waals surface area contributed by atoms with Gasteiger partial charge in [-0.25, -0.2) is 9.97 Å². The molecule has 0 spiro atoms. The van der Waals surface area contributed by atoms with E-state index in [1.807, 2.05) is 30.3 Å². The molecule has 0 fully saturated rings. The number of hydrogen-bond acceptors (Lipinski definition) is 3. The van der Waals surface area contributed by atoms with Gasteiger partial charge in [0.1, 0.15) is 11.2 Å². The lowest BCUT2D eigenvalue weighted by Crippen LogP contribution is -2.22.